The minimum absolute atomic E-state index is 0.186. The molecular formula is C19H18ClFN4OS. The normalized spacial score (nSPS) is 15.3. The Labute approximate surface area is 166 Å². The fourth-order valence-electron chi connectivity index (χ4n) is 3.17. The highest BCUT2D eigenvalue weighted by Crippen LogP contribution is 2.26. The lowest BCUT2D eigenvalue weighted by atomic mass is 10.2. The van der Waals surface area contributed by atoms with Crippen molar-refractivity contribution in [3.8, 4) is 11.5 Å². The summed E-state index contributed by atoms with van der Waals surface area (Å²) in [5, 5.41) is 5.04. The number of halogens is 2. The molecule has 1 aliphatic heterocycles. The van der Waals surface area contributed by atoms with Crippen LogP contribution in [0.2, 0.25) is 5.02 Å². The molecule has 8 heteroatoms. The summed E-state index contributed by atoms with van der Waals surface area (Å²) in [5.74, 6) is 0.227. The Hall–Kier alpha value is -2.22. The molecule has 0 spiro atoms. The van der Waals surface area contributed by atoms with Gasteiger partial charge in [0, 0.05) is 26.2 Å². The van der Waals surface area contributed by atoms with Gasteiger partial charge in [-0.2, -0.15) is 0 Å². The molecule has 0 aliphatic carbocycles. The van der Waals surface area contributed by atoms with E-state index in [0.29, 0.717) is 33.7 Å². The van der Waals surface area contributed by atoms with E-state index in [4.69, 9.17) is 28.2 Å². The molecule has 1 aromatic heterocycles. The summed E-state index contributed by atoms with van der Waals surface area (Å²) < 4.78 is 21.2. The van der Waals surface area contributed by atoms with Crippen molar-refractivity contribution in [1.82, 2.24) is 14.7 Å². The molecule has 5 nitrogen and oxygen atoms in total. The van der Waals surface area contributed by atoms with Crippen molar-refractivity contribution >= 4 is 29.5 Å². The van der Waals surface area contributed by atoms with Crippen molar-refractivity contribution < 1.29 is 8.81 Å². The van der Waals surface area contributed by atoms with Crippen LogP contribution in [-0.4, -0.2) is 40.9 Å². The van der Waals surface area contributed by atoms with Crippen LogP contribution >= 0.6 is 23.8 Å². The van der Waals surface area contributed by atoms with Gasteiger partial charge < -0.3 is 9.32 Å². The quantitative estimate of drug-likeness (QED) is 0.601. The molecule has 0 bridgehead atoms. The topological polar surface area (TPSA) is 37.4 Å². The van der Waals surface area contributed by atoms with Gasteiger partial charge in [-0.3, -0.25) is 4.90 Å². The largest absolute Gasteiger partial charge is 0.409 e. The summed E-state index contributed by atoms with van der Waals surface area (Å²) in [6.07, 6.45) is 0. The second-order valence-electron chi connectivity index (χ2n) is 6.35. The van der Waals surface area contributed by atoms with Crippen LogP contribution in [0.25, 0.3) is 11.5 Å². The highest BCUT2D eigenvalue weighted by molar-refractivity contribution is 7.71. The van der Waals surface area contributed by atoms with Gasteiger partial charge in [0.1, 0.15) is 5.82 Å². The standard InChI is InChI=1S/C19H18ClFN4OS/c20-15-6-2-1-5-14(15)18-22-25(19(27)26-18)13-23-9-11-24(12-10-23)17-8-4-3-7-16(17)21/h1-8H,9-13H2. The maximum absolute atomic E-state index is 14.0. The fourth-order valence-corrected chi connectivity index (χ4v) is 3.56. The maximum atomic E-state index is 14.0. The molecule has 1 fully saturated rings. The average Bonchev–Trinajstić information content (AvgIpc) is 3.03. The minimum atomic E-state index is -0.186. The highest BCUT2D eigenvalue weighted by atomic mass is 35.5. The lowest BCUT2D eigenvalue weighted by molar-refractivity contribution is 0.192. The van der Waals surface area contributed by atoms with Gasteiger partial charge in [-0.25, -0.2) is 9.07 Å². The molecule has 2 heterocycles. The van der Waals surface area contributed by atoms with Gasteiger partial charge in [0.2, 0.25) is 5.89 Å². The third kappa shape index (κ3) is 3.90. The van der Waals surface area contributed by atoms with Gasteiger partial charge in [0.25, 0.3) is 4.84 Å². The van der Waals surface area contributed by atoms with Gasteiger partial charge in [-0.1, -0.05) is 35.9 Å². The number of rotatable bonds is 4. The molecule has 1 saturated heterocycles. The number of hydrogen-bond donors (Lipinski definition) is 0. The summed E-state index contributed by atoms with van der Waals surface area (Å²) >= 11 is 11.5. The Bertz CT molecular complexity index is 997. The van der Waals surface area contributed by atoms with Crippen LogP contribution in [0.5, 0.6) is 0 Å². The lowest BCUT2D eigenvalue weighted by Gasteiger charge is -2.35. The zero-order valence-electron chi connectivity index (χ0n) is 14.5. The third-order valence-corrected chi connectivity index (χ3v) is 5.23. The van der Waals surface area contributed by atoms with E-state index in [2.05, 4.69) is 14.9 Å². The second-order valence-corrected chi connectivity index (χ2v) is 7.11. The first-order valence-electron chi connectivity index (χ1n) is 8.66. The maximum Gasteiger partial charge on any atom is 0.288 e. The number of hydrogen-bond acceptors (Lipinski definition) is 5. The van der Waals surface area contributed by atoms with Crippen molar-refractivity contribution in [1.29, 1.82) is 0 Å². The molecule has 4 rings (SSSR count). The van der Waals surface area contributed by atoms with Crippen molar-refractivity contribution in [2.45, 2.75) is 6.67 Å². The molecule has 0 N–H and O–H groups in total. The first-order chi connectivity index (χ1) is 13.1. The van der Waals surface area contributed by atoms with E-state index in [-0.39, 0.29) is 5.82 Å². The van der Waals surface area contributed by atoms with Gasteiger partial charge in [-0.15, -0.1) is 5.10 Å². The summed E-state index contributed by atoms with van der Waals surface area (Å²) in [4.78, 5) is 4.58. The SMILES string of the molecule is Fc1ccccc1N1CCN(Cn2nc(-c3ccccc3Cl)oc2=S)CC1. The Morgan fingerprint density at radius 3 is 2.48 bits per heavy atom. The number of aromatic nitrogens is 2. The molecule has 1 aliphatic rings. The van der Waals surface area contributed by atoms with Crippen molar-refractivity contribution in [2.75, 3.05) is 31.1 Å². The van der Waals surface area contributed by atoms with Crippen molar-refractivity contribution in [3.63, 3.8) is 0 Å². The van der Waals surface area contributed by atoms with Gasteiger partial charge in [0.05, 0.1) is 22.9 Å². The van der Waals surface area contributed by atoms with E-state index in [9.17, 15) is 4.39 Å². The highest BCUT2D eigenvalue weighted by Gasteiger charge is 2.20. The Balaban J connectivity index is 1.43. The molecule has 2 aromatic carbocycles. The van der Waals surface area contributed by atoms with Crippen LogP contribution in [-0.2, 0) is 6.67 Å². The summed E-state index contributed by atoms with van der Waals surface area (Å²) in [6.45, 7) is 3.57. The van der Waals surface area contributed by atoms with Gasteiger partial charge >= 0.3 is 0 Å². The van der Waals surface area contributed by atoms with Crippen LogP contribution < -0.4 is 4.90 Å². The minimum Gasteiger partial charge on any atom is -0.409 e. The van der Waals surface area contributed by atoms with Crippen molar-refractivity contribution in [3.05, 3.63) is 64.2 Å². The van der Waals surface area contributed by atoms with E-state index < -0.39 is 0 Å². The molecule has 27 heavy (non-hydrogen) atoms. The van der Waals surface area contributed by atoms with Crippen LogP contribution in [0, 0.1) is 10.7 Å². The molecule has 0 unspecified atom stereocenters. The van der Waals surface area contributed by atoms with Crippen LogP contribution in [0.3, 0.4) is 0 Å². The van der Waals surface area contributed by atoms with E-state index in [1.54, 1.807) is 16.8 Å². The van der Waals surface area contributed by atoms with E-state index in [1.165, 1.54) is 6.07 Å². The molecule has 0 radical (unpaired) electrons. The third-order valence-electron chi connectivity index (χ3n) is 4.61. The average molecular weight is 405 g/mol. The predicted octanol–water partition coefficient (Wildman–Crippen LogP) is 4.44. The van der Waals surface area contributed by atoms with Crippen LogP contribution in [0.1, 0.15) is 0 Å². The summed E-state index contributed by atoms with van der Waals surface area (Å²) in [6, 6.07) is 14.2. The molecule has 140 valence electrons. The zero-order valence-corrected chi connectivity index (χ0v) is 16.1. The smallest absolute Gasteiger partial charge is 0.288 e. The zero-order chi connectivity index (χ0) is 18.8. The monoisotopic (exact) mass is 404 g/mol. The number of piperazine rings is 1. The molecule has 0 atom stereocenters. The number of nitrogens with zero attached hydrogens (tertiary/aromatic N) is 4. The molecule has 0 amide bonds. The van der Waals surface area contributed by atoms with Crippen LogP contribution in [0.4, 0.5) is 10.1 Å². The van der Waals surface area contributed by atoms with Crippen LogP contribution in [0.15, 0.2) is 52.9 Å². The molecule has 0 saturated carbocycles. The van der Waals surface area contributed by atoms with E-state index in [0.717, 1.165) is 26.2 Å². The summed E-state index contributed by atoms with van der Waals surface area (Å²) in [7, 11) is 0. The molecular weight excluding hydrogens is 387 g/mol. The Kier molecular flexibility index (Phi) is 5.24. The Morgan fingerprint density at radius 1 is 1.04 bits per heavy atom. The number of anilines is 1. The fraction of sp³-hybridized carbons (Fsp3) is 0.263. The number of para-hydroxylation sites is 1. The first kappa shape index (κ1) is 18.2. The Morgan fingerprint density at radius 2 is 1.74 bits per heavy atom. The van der Waals surface area contributed by atoms with Crippen molar-refractivity contribution in [2.24, 2.45) is 0 Å². The van der Waals surface area contributed by atoms with Gasteiger partial charge in [-0.05, 0) is 36.5 Å². The second kappa shape index (κ2) is 7.80. The first-order valence-corrected chi connectivity index (χ1v) is 9.45. The summed E-state index contributed by atoms with van der Waals surface area (Å²) in [5.41, 5.74) is 1.37. The van der Waals surface area contributed by atoms with E-state index >= 15 is 0 Å². The predicted molar refractivity (Wildman–Crippen MR) is 106 cm³/mol. The van der Waals surface area contributed by atoms with Gasteiger partial charge in [0.15, 0.2) is 0 Å². The van der Waals surface area contributed by atoms with E-state index in [1.807, 2.05) is 30.3 Å². The number of benzene rings is 2. The lowest BCUT2D eigenvalue weighted by Crippen LogP contribution is -2.47. The molecule has 3 aromatic rings.